The lowest BCUT2D eigenvalue weighted by Crippen LogP contribution is -2.55. The van der Waals surface area contributed by atoms with Gasteiger partial charge in [0, 0.05) is 12.6 Å². The number of hydrogen-bond donors (Lipinski definition) is 2. The van der Waals surface area contributed by atoms with Gasteiger partial charge in [0.05, 0.1) is 0 Å². The Bertz CT molecular complexity index is 544. The molecule has 0 bridgehead atoms. The van der Waals surface area contributed by atoms with Crippen LogP contribution in [0.1, 0.15) is 26.7 Å². The highest BCUT2D eigenvalue weighted by Crippen LogP contribution is 2.31. The molecular weight excluding hydrogens is 280 g/mol. The molecule has 0 aromatic heterocycles. The number of nitrogens with one attached hydrogen (secondary N) is 2. The van der Waals surface area contributed by atoms with Gasteiger partial charge in [-0.1, -0.05) is 26.0 Å². The Morgan fingerprint density at radius 2 is 2.14 bits per heavy atom. The molecule has 0 aliphatic carbocycles. The Morgan fingerprint density at radius 1 is 1.36 bits per heavy atom. The molecule has 2 heterocycles. The van der Waals surface area contributed by atoms with Crippen molar-refractivity contribution < 1.29 is 14.3 Å². The summed E-state index contributed by atoms with van der Waals surface area (Å²) in [6, 6.07) is 7.72. The normalized spacial score (nSPS) is 26.3. The van der Waals surface area contributed by atoms with Gasteiger partial charge in [0.15, 0.2) is 11.5 Å². The predicted octanol–water partition coefficient (Wildman–Crippen LogP) is 1.72. The maximum atomic E-state index is 12.3. The van der Waals surface area contributed by atoms with E-state index in [1.54, 1.807) is 0 Å². The van der Waals surface area contributed by atoms with Gasteiger partial charge in [0.1, 0.15) is 6.61 Å². The molecular formula is C17H24N2O3. The minimum absolute atomic E-state index is 0.113. The number of para-hydroxylation sites is 2. The van der Waals surface area contributed by atoms with Crippen molar-refractivity contribution in [3.05, 3.63) is 24.3 Å². The monoisotopic (exact) mass is 304 g/mol. The molecule has 5 heteroatoms. The second-order valence-electron chi connectivity index (χ2n) is 6.71. The van der Waals surface area contributed by atoms with E-state index in [1.165, 1.54) is 12.8 Å². The lowest BCUT2D eigenvalue weighted by molar-refractivity contribution is -0.130. The molecule has 0 spiro atoms. The van der Waals surface area contributed by atoms with E-state index >= 15 is 0 Å². The van der Waals surface area contributed by atoms with Gasteiger partial charge >= 0.3 is 0 Å². The van der Waals surface area contributed by atoms with E-state index in [1.807, 2.05) is 24.3 Å². The van der Waals surface area contributed by atoms with Crippen molar-refractivity contribution in [2.75, 3.05) is 19.7 Å². The number of carbonyl (C=O) groups excluding carboxylic acids is 1. The highest BCUT2D eigenvalue weighted by molar-refractivity contribution is 5.81. The predicted molar refractivity (Wildman–Crippen MR) is 84.2 cm³/mol. The van der Waals surface area contributed by atoms with Crippen molar-refractivity contribution in [2.45, 2.75) is 38.8 Å². The van der Waals surface area contributed by atoms with Gasteiger partial charge in [-0.2, -0.15) is 0 Å². The summed E-state index contributed by atoms with van der Waals surface area (Å²) in [7, 11) is 0. The minimum atomic E-state index is -0.582. The number of fused-ring (bicyclic) bond motifs is 1. The third-order valence-corrected chi connectivity index (χ3v) is 4.61. The number of piperidine rings is 1. The fraction of sp³-hybridized carbons (Fsp3) is 0.588. The molecule has 1 amide bonds. The fourth-order valence-electron chi connectivity index (χ4n) is 3.08. The van der Waals surface area contributed by atoms with Crippen LogP contribution in [0.25, 0.3) is 0 Å². The molecule has 1 aromatic carbocycles. The van der Waals surface area contributed by atoms with Crippen molar-refractivity contribution in [3.63, 3.8) is 0 Å². The van der Waals surface area contributed by atoms with Crippen molar-refractivity contribution in [2.24, 2.45) is 5.41 Å². The van der Waals surface area contributed by atoms with Gasteiger partial charge in [0.25, 0.3) is 5.91 Å². The molecule has 120 valence electrons. The standard InChI is InChI=1S/C17H24N2O3/c1-17(2)8-5-9-18-15(17)10-19-16(20)14-11-21-12-6-3-4-7-13(12)22-14/h3-4,6-7,14-15,18H,5,8-11H2,1-2H3,(H,19,20). The average molecular weight is 304 g/mol. The number of benzene rings is 1. The van der Waals surface area contributed by atoms with Gasteiger partial charge in [-0.05, 0) is 36.9 Å². The van der Waals surface area contributed by atoms with Gasteiger partial charge in [-0.15, -0.1) is 0 Å². The second kappa shape index (κ2) is 6.16. The number of carbonyl (C=O) groups is 1. The Hall–Kier alpha value is -1.75. The van der Waals surface area contributed by atoms with E-state index in [4.69, 9.17) is 9.47 Å². The summed E-state index contributed by atoms with van der Waals surface area (Å²) in [6.07, 6.45) is 1.78. The summed E-state index contributed by atoms with van der Waals surface area (Å²) >= 11 is 0. The van der Waals surface area contributed by atoms with Crippen LogP contribution in [0, 0.1) is 5.41 Å². The van der Waals surface area contributed by atoms with Crippen LogP contribution in [0.5, 0.6) is 11.5 Å². The van der Waals surface area contributed by atoms with Gasteiger partial charge in [0.2, 0.25) is 6.10 Å². The summed E-state index contributed by atoms with van der Waals surface area (Å²) in [5, 5.41) is 6.50. The average Bonchev–Trinajstić information content (AvgIpc) is 2.52. The molecule has 1 aromatic rings. The van der Waals surface area contributed by atoms with Crippen LogP contribution >= 0.6 is 0 Å². The van der Waals surface area contributed by atoms with Gasteiger partial charge < -0.3 is 20.1 Å². The third kappa shape index (κ3) is 3.19. The first kappa shape index (κ1) is 15.2. The summed E-state index contributed by atoms with van der Waals surface area (Å²) in [6.45, 7) is 6.37. The van der Waals surface area contributed by atoms with Crippen molar-refractivity contribution in [1.29, 1.82) is 0 Å². The van der Waals surface area contributed by atoms with E-state index in [0.717, 1.165) is 6.54 Å². The highest BCUT2D eigenvalue weighted by atomic mass is 16.6. The van der Waals surface area contributed by atoms with Gasteiger partial charge in [-0.25, -0.2) is 0 Å². The molecule has 2 N–H and O–H groups in total. The molecule has 3 rings (SSSR count). The molecule has 2 unspecified atom stereocenters. The fourth-order valence-corrected chi connectivity index (χ4v) is 3.08. The molecule has 0 saturated carbocycles. The first-order valence-electron chi connectivity index (χ1n) is 7.96. The van der Waals surface area contributed by atoms with Crippen molar-refractivity contribution in [3.8, 4) is 11.5 Å². The molecule has 1 fully saturated rings. The first-order valence-corrected chi connectivity index (χ1v) is 7.96. The lowest BCUT2D eigenvalue weighted by Gasteiger charge is -2.39. The molecule has 2 aliphatic heterocycles. The Kier molecular flexibility index (Phi) is 4.25. The van der Waals surface area contributed by atoms with Crippen LogP contribution < -0.4 is 20.1 Å². The zero-order valence-electron chi connectivity index (χ0n) is 13.2. The van der Waals surface area contributed by atoms with E-state index < -0.39 is 6.10 Å². The van der Waals surface area contributed by atoms with Crippen LogP contribution in [0.4, 0.5) is 0 Å². The Morgan fingerprint density at radius 3 is 2.91 bits per heavy atom. The number of amides is 1. The Balaban J connectivity index is 1.55. The zero-order chi connectivity index (χ0) is 15.6. The molecule has 2 atom stereocenters. The van der Waals surface area contributed by atoms with Crippen LogP contribution in [-0.4, -0.2) is 37.7 Å². The smallest absolute Gasteiger partial charge is 0.264 e. The molecule has 22 heavy (non-hydrogen) atoms. The van der Waals surface area contributed by atoms with Gasteiger partial charge in [-0.3, -0.25) is 4.79 Å². The number of hydrogen-bond acceptors (Lipinski definition) is 4. The van der Waals surface area contributed by atoms with Crippen LogP contribution in [0.2, 0.25) is 0 Å². The maximum absolute atomic E-state index is 12.3. The molecule has 1 saturated heterocycles. The second-order valence-corrected chi connectivity index (χ2v) is 6.71. The number of rotatable bonds is 3. The first-order chi connectivity index (χ1) is 10.6. The highest BCUT2D eigenvalue weighted by Gasteiger charge is 2.33. The lowest BCUT2D eigenvalue weighted by atomic mass is 9.77. The van der Waals surface area contributed by atoms with Crippen molar-refractivity contribution >= 4 is 5.91 Å². The topological polar surface area (TPSA) is 59.6 Å². The summed E-state index contributed by atoms with van der Waals surface area (Å²) in [5.74, 6) is 1.21. The third-order valence-electron chi connectivity index (χ3n) is 4.61. The maximum Gasteiger partial charge on any atom is 0.264 e. The summed E-state index contributed by atoms with van der Waals surface area (Å²) < 4.78 is 11.3. The molecule has 2 aliphatic rings. The quantitative estimate of drug-likeness (QED) is 0.893. The van der Waals surface area contributed by atoms with Crippen LogP contribution in [-0.2, 0) is 4.79 Å². The van der Waals surface area contributed by atoms with E-state index in [0.29, 0.717) is 24.1 Å². The molecule has 0 radical (unpaired) electrons. The van der Waals surface area contributed by atoms with Crippen LogP contribution in [0.3, 0.4) is 0 Å². The zero-order valence-corrected chi connectivity index (χ0v) is 13.2. The summed E-state index contributed by atoms with van der Waals surface area (Å²) in [4.78, 5) is 12.3. The van der Waals surface area contributed by atoms with E-state index in [9.17, 15) is 4.79 Å². The minimum Gasteiger partial charge on any atom is -0.485 e. The summed E-state index contributed by atoms with van der Waals surface area (Å²) in [5.41, 5.74) is 0.196. The SMILES string of the molecule is CC1(C)CCCNC1CNC(=O)C1COc2ccccc2O1. The number of ether oxygens (including phenoxy) is 2. The van der Waals surface area contributed by atoms with E-state index in [2.05, 4.69) is 24.5 Å². The van der Waals surface area contributed by atoms with Crippen molar-refractivity contribution in [1.82, 2.24) is 10.6 Å². The molecule has 5 nitrogen and oxygen atoms in total. The van der Waals surface area contributed by atoms with Crippen LogP contribution in [0.15, 0.2) is 24.3 Å². The largest absolute Gasteiger partial charge is 0.485 e. The Labute approximate surface area is 131 Å². The van der Waals surface area contributed by atoms with E-state index in [-0.39, 0.29) is 17.9 Å².